The van der Waals surface area contributed by atoms with E-state index in [9.17, 15) is 13.2 Å². The second-order valence-electron chi connectivity index (χ2n) is 7.07. The second-order valence-corrected chi connectivity index (χ2v) is 7.43. The number of nitrogens with one attached hydrogen (secondary N) is 2. The van der Waals surface area contributed by atoms with E-state index in [2.05, 4.69) is 30.9 Å². The minimum Gasteiger partial charge on any atom is -0.372 e. The number of allylic oxidation sites excluding steroid dienone is 1. The van der Waals surface area contributed by atoms with Crippen LogP contribution < -0.4 is 16.4 Å². The molecule has 158 valence electrons. The van der Waals surface area contributed by atoms with Crippen LogP contribution in [-0.2, 0) is 18.4 Å². The summed E-state index contributed by atoms with van der Waals surface area (Å²) in [6.45, 7) is 5.60. The molecule has 0 aliphatic carbocycles. The smallest absolute Gasteiger partial charge is 0.372 e. The molecule has 2 aromatic rings. The number of rotatable bonds is 5. The number of aliphatic imine (C=N–C) groups is 1. The van der Waals surface area contributed by atoms with Crippen LogP contribution in [0.2, 0.25) is 5.15 Å². The predicted octanol–water partition coefficient (Wildman–Crippen LogP) is 1.57. The van der Waals surface area contributed by atoms with Crippen LogP contribution in [0.3, 0.4) is 0 Å². The number of nitrogens with two attached hydrogens (primary N) is 1. The lowest BCUT2D eigenvalue weighted by atomic mass is 10.0. The summed E-state index contributed by atoms with van der Waals surface area (Å²) in [4.78, 5) is 3.90. The van der Waals surface area contributed by atoms with Crippen LogP contribution in [0.5, 0.6) is 0 Å². The van der Waals surface area contributed by atoms with Gasteiger partial charge in [0.2, 0.25) is 5.79 Å². The van der Waals surface area contributed by atoms with Crippen molar-refractivity contribution in [3.8, 4) is 0 Å². The molecule has 1 unspecified atom stereocenters. The Morgan fingerprint density at radius 1 is 1.34 bits per heavy atom. The first-order chi connectivity index (χ1) is 13.4. The molecule has 1 aliphatic heterocycles. The van der Waals surface area contributed by atoms with E-state index >= 15 is 0 Å². The standard InChI is InChI=1S/C16H21ClF3N9/c1-5-22-12-9(15(18,19)20)6-23-16(21,25-12)10-7-29(27-11(10)17)14(2,3)13-26-24-8-28(13)4/h6-8,22,25H,5,21H2,1-4H3. The van der Waals surface area contributed by atoms with Gasteiger partial charge in [-0.25, -0.2) is 4.99 Å². The Morgan fingerprint density at radius 3 is 2.59 bits per heavy atom. The van der Waals surface area contributed by atoms with Crippen molar-refractivity contribution < 1.29 is 13.2 Å². The summed E-state index contributed by atoms with van der Waals surface area (Å²) in [6, 6.07) is 0. The lowest BCUT2D eigenvalue weighted by Gasteiger charge is -2.33. The molecule has 13 heteroatoms. The average Bonchev–Trinajstić information content (AvgIpc) is 3.21. The van der Waals surface area contributed by atoms with Gasteiger partial charge in [-0.3, -0.25) is 10.4 Å². The first-order valence-electron chi connectivity index (χ1n) is 8.68. The Balaban J connectivity index is 2.01. The van der Waals surface area contributed by atoms with E-state index in [-0.39, 0.29) is 23.1 Å². The van der Waals surface area contributed by atoms with Crippen molar-refractivity contribution >= 4 is 17.8 Å². The number of hydrogen-bond acceptors (Lipinski definition) is 7. The van der Waals surface area contributed by atoms with Crippen molar-refractivity contribution in [3.63, 3.8) is 0 Å². The monoisotopic (exact) mass is 431 g/mol. The fourth-order valence-electron chi connectivity index (χ4n) is 3.02. The zero-order valence-corrected chi connectivity index (χ0v) is 17.0. The maximum atomic E-state index is 13.3. The second kappa shape index (κ2) is 7.02. The molecule has 0 spiro atoms. The first-order valence-corrected chi connectivity index (χ1v) is 9.06. The summed E-state index contributed by atoms with van der Waals surface area (Å²) in [5.41, 5.74) is 4.78. The number of hydrogen-bond donors (Lipinski definition) is 3. The van der Waals surface area contributed by atoms with Crippen LogP contribution >= 0.6 is 11.6 Å². The quantitative estimate of drug-likeness (QED) is 0.662. The molecule has 0 saturated carbocycles. The van der Waals surface area contributed by atoms with Gasteiger partial charge in [0, 0.05) is 26.0 Å². The molecule has 0 fully saturated rings. The lowest BCUT2D eigenvalue weighted by Crippen LogP contribution is -2.54. The van der Waals surface area contributed by atoms with Gasteiger partial charge in [-0.05, 0) is 20.8 Å². The summed E-state index contributed by atoms with van der Waals surface area (Å²) in [5.74, 6) is -1.42. The Morgan fingerprint density at radius 2 is 2.03 bits per heavy atom. The third-order valence-electron chi connectivity index (χ3n) is 4.55. The topological polar surface area (TPSA) is 111 Å². The van der Waals surface area contributed by atoms with E-state index in [4.69, 9.17) is 17.3 Å². The van der Waals surface area contributed by atoms with Crippen molar-refractivity contribution in [2.45, 2.75) is 38.3 Å². The molecule has 0 amide bonds. The first kappa shape index (κ1) is 21.1. The number of aryl methyl sites for hydroxylation is 1. The van der Waals surface area contributed by atoms with E-state index in [1.807, 2.05) is 13.8 Å². The fourth-order valence-corrected chi connectivity index (χ4v) is 3.30. The highest BCUT2D eigenvalue weighted by Gasteiger charge is 2.43. The third kappa shape index (κ3) is 3.69. The third-order valence-corrected chi connectivity index (χ3v) is 4.83. The summed E-state index contributed by atoms with van der Waals surface area (Å²) in [5, 5.41) is 17.5. The zero-order chi connectivity index (χ0) is 21.6. The number of aromatic nitrogens is 5. The molecule has 29 heavy (non-hydrogen) atoms. The van der Waals surface area contributed by atoms with E-state index in [0.29, 0.717) is 12.0 Å². The van der Waals surface area contributed by atoms with Gasteiger partial charge >= 0.3 is 6.18 Å². The number of nitrogens with zero attached hydrogens (tertiary/aromatic N) is 6. The molecule has 0 aromatic carbocycles. The molecule has 1 atom stereocenters. The van der Waals surface area contributed by atoms with E-state index in [1.54, 1.807) is 24.9 Å². The fraction of sp³-hybridized carbons (Fsp3) is 0.500. The highest BCUT2D eigenvalue weighted by molar-refractivity contribution is 6.30. The van der Waals surface area contributed by atoms with Crippen molar-refractivity contribution in [1.29, 1.82) is 0 Å². The Hall–Kier alpha value is -2.60. The molecule has 3 rings (SSSR count). The molecule has 1 aliphatic rings. The van der Waals surface area contributed by atoms with Crippen molar-refractivity contribution in [3.05, 3.63) is 40.5 Å². The number of halogens is 4. The van der Waals surface area contributed by atoms with Gasteiger partial charge in [0.25, 0.3) is 0 Å². The Kier molecular flexibility index (Phi) is 5.11. The van der Waals surface area contributed by atoms with Gasteiger partial charge in [-0.15, -0.1) is 10.2 Å². The molecule has 3 heterocycles. The molecule has 0 saturated heterocycles. The Bertz CT molecular complexity index is 973. The Labute approximate surface area is 169 Å². The van der Waals surface area contributed by atoms with Gasteiger partial charge in [-0.2, -0.15) is 18.3 Å². The van der Waals surface area contributed by atoms with Crippen LogP contribution in [-0.4, -0.2) is 43.5 Å². The van der Waals surface area contributed by atoms with Crippen LogP contribution in [0, 0.1) is 0 Å². The summed E-state index contributed by atoms with van der Waals surface area (Å²) in [6.07, 6.45) is -0.831. The van der Waals surface area contributed by atoms with E-state index < -0.39 is 23.1 Å². The summed E-state index contributed by atoms with van der Waals surface area (Å²) >= 11 is 6.30. The largest absolute Gasteiger partial charge is 0.421 e. The van der Waals surface area contributed by atoms with Gasteiger partial charge in [0.1, 0.15) is 23.3 Å². The molecule has 0 bridgehead atoms. The maximum Gasteiger partial charge on any atom is 0.421 e. The van der Waals surface area contributed by atoms with Crippen LogP contribution in [0.4, 0.5) is 13.2 Å². The van der Waals surface area contributed by atoms with E-state index in [0.717, 1.165) is 0 Å². The SMILES string of the molecule is CCNC1=C(C(F)(F)F)C=NC(N)(c2cn(C(C)(C)c3nncn3C)nc2Cl)N1. The maximum absolute atomic E-state index is 13.3. The summed E-state index contributed by atoms with van der Waals surface area (Å²) < 4.78 is 43.1. The van der Waals surface area contributed by atoms with Gasteiger partial charge in [-0.1, -0.05) is 11.6 Å². The van der Waals surface area contributed by atoms with Crippen LogP contribution in [0.25, 0.3) is 0 Å². The van der Waals surface area contributed by atoms with Crippen LogP contribution in [0.15, 0.2) is 28.9 Å². The molecule has 2 aromatic heterocycles. The van der Waals surface area contributed by atoms with Gasteiger partial charge in [0.15, 0.2) is 11.0 Å². The molecular formula is C16H21ClF3N9. The van der Waals surface area contributed by atoms with Crippen molar-refractivity contribution in [1.82, 2.24) is 35.2 Å². The van der Waals surface area contributed by atoms with Gasteiger partial charge < -0.3 is 15.2 Å². The lowest BCUT2D eigenvalue weighted by molar-refractivity contribution is -0.0876. The van der Waals surface area contributed by atoms with E-state index in [1.165, 1.54) is 10.9 Å². The molecule has 0 radical (unpaired) electrons. The molecule has 4 N–H and O–H groups in total. The minimum absolute atomic E-state index is 0.00120. The molecule has 9 nitrogen and oxygen atoms in total. The van der Waals surface area contributed by atoms with Gasteiger partial charge in [0.05, 0.1) is 5.56 Å². The highest BCUT2D eigenvalue weighted by Crippen LogP contribution is 2.34. The van der Waals surface area contributed by atoms with Crippen LogP contribution in [0.1, 0.15) is 32.2 Å². The number of alkyl halides is 3. The highest BCUT2D eigenvalue weighted by atomic mass is 35.5. The predicted molar refractivity (Wildman–Crippen MR) is 101 cm³/mol. The zero-order valence-electron chi connectivity index (χ0n) is 16.2. The minimum atomic E-state index is -4.60. The van der Waals surface area contributed by atoms with Crippen molar-refractivity contribution in [2.24, 2.45) is 17.8 Å². The summed E-state index contributed by atoms with van der Waals surface area (Å²) in [7, 11) is 1.78. The molecular weight excluding hydrogens is 411 g/mol. The normalized spacial score (nSPS) is 20.2. The average molecular weight is 432 g/mol. The van der Waals surface area contributed by atoms with Crippen molar-refractivity contribution in [2.75, 3.05) is 6.54 Å².